The Morgan fingerprint density at radius 2 is 1.80 bits per heavy atom. The molecule has 60 valence electrons. The molecule has 1 fully saturated rings. The van der Waals surface area contributed by atoms with Crippen LogP contribution in [0.4, 0.5) is 0 Å². The van der Waals surface area contributed by atoms with E-state index in [0.29, 0.717) is 0 Å². The molecule has 5 heteroatoms. The Kier molecular flexibility index (Phi) is 2.49. The Balaban J connectivity index is 2.52. The minimum atomic E-state index is -1.20. The Morgan fingerprint density at radius 3 is 2.30 bits per heavy atom. The molecule has 0 saturated carbocycles. The van der Waals surface area contributed by atoms with Crippen LogP contribution in [0, 0.1) is 0 Å². The monoisotopic (exact) mass is 168 g/mol. The van der Waals surface area contributed by atoms with Crippen molar-refractivity contribution in [3.8, 4) is 0 Å². The third kappa shape index (κ3) is 1.41. The molecule has 3 N–H and O–H groups in total. The second-order valence-electron chi connectivity index (χ2n) is 2.23. The van der Waals surface area contributed by atoms with Gasteiger partial charge in [-0.3, -0.25) is 0 Å². The molecule has 0 radical (unpaired) electrons. The van der Waals surface area contributed by atoms with Crippen molar-refractivity contribution in [3.05, 3.63) is 0 Å². The summed E-state index contributed by atoms with van der Waals surface area (Å²) in [4.78, 5) is 0. The van der Waals surface area contributed by atoms with Gasteiger partial charge in [-0.1, -0.05) is 11.6 Å². The molecule has 0 spiro atoms. The number of rotatable bonds is 0. The maximum atomic E-state index is 8.95. The van der Waals surface area contributed by atoms with E-state index < -0.39 is 23.9 Å². The molecular formula is C5H9ClO4. The second-order valence-corrected chi connectivity index (χ2v) is 2.66. The van der Waals surface area contributed by atoms with E-state index in [-0.39, 0.29) is 6.61 Å². The molecule has 0 aromatic carbocycles. The van der Waals surface area contributed by atoms with Crippen molar-refractivity contribution in [2.75, 3.05) is 6.61 Å². The number of hydrogen-bond donors (Lipinski definition) is 3. The van der Waals surface area contributed by atoms with Crippen LogP contribution in [0.2, 0.25) is 0 Å². The normalized spacial score (nSPS) is 49.2. The lowest BCUT2D eigenvalue weighted by molar-refractivity contribution is -0.163. The SMILES string of the molecule is O[C@H]1[C@H](O)COC(Cl)[C@@H]1O. The zero-order chi connectivity index (χ0) is 7.72. The lowest BCUT2D eigenvalue weighted by Gasteiger charge is -2.31. The van der Waals surface area contributed by atoms with E-state index in [2.05, 4.69) is 4.74 Å². The molecule has 1 aliphatic rings. The first-order chi connectivity index (χ1) is 4.63. The summed E-state index contributed by atoms with van der Waals surface area (Å²) in [6.07, 6.45) is -3.44. The predicted molar refractivity (Wildman–Crippen MR) is 33.6 cm³/mol. The smallest absolute Gasteiger partial charge is 0.159 e. The van der Waals surface area contributed by atoms with Crippen LogP contribution in [0.15, 0.2) is 0 Å². The average Bonchev–Trinajstić information content (AvgIpc) is 1.93. The maximum absolute atomic E-state index is 8.95. The van der Waals surface area contributed by atoms with Crippen LogP contribution in [0.25, 0.3) is 0 Å². The van der Waals surface area contributed by atoms with Gasteiger partial charge in [0.05, 0.1) is 6.61 Å². The van der Waals surface area contributed by atoms with Gasteiger partial charge in [-0.15, -0.1) is 0 Å². The Labute approximate surface area is 63.0 Å². The first-order valence-electron chi connectivity index (χ1n) is 2.93. The molecule has 1 aliphatic heterocycles. The minimum Gasteiger partial charge on any atom is -0.388 e. The van der Waals surface area contributed by atoms with Crippen LogP contribution < -0.4 is 0 Å². The van der Waals surface area contributed by atoms with Crippen molar-refractivity contribution >= 4 is 11.6 Å². The van der Waals surface area contributed by atoms with Gasteiger partial charge in [-0.25, -0.2) is 0 Å². The number of ether oxygens (including phenoxy) is 1. The molecule has 4 atom stereocenters. The Morgan fingerprint density at radius 1 is 1.20 bits per heavy atom. The molecule has 0 bridgehead atoms. The summed E-state index contributed by atoms with van der Waals surface area (Å²) in [6, 6.07) is 0. The molecule has 1 saturated heterocycles. The molecule has 1 unspecified atom stereocenters. The van der Waals surface area contributed by atoms with Crippen molar-refractivity contribution in [2.45, 2.75) is 23.9 Å². The molecule has 0 aromatic heterocycles. The first kappa shape index (κ1) is 8.23. The highest BCUT2D eigenvalue weighted by Gasteiger charge is 2.36. The third-order valence-corrected chi connectivity index (χ3v) is 1.82. The molecule has 4 nitrogen and oxygen atoms in total. The maximum Gasteiger partial charge on any atom is 0.159 e. The summed E-state index contributed by atoms with van der Waals surface area (Å²) in [7, 11) is 0. The van der Waals surface area contributed by atoms with Crippen LogP contribution in [0.5, 0.6) is 0 Å². The average molecular weight is 169 g/mol. The first-order valence-corrected chi connectivity index (χ1v) is 3.36. The predicted octanol–water partition coefficient (Wildman–Crippen LogP) is -1.34. The van der Waals surface area contributed by atoms with Crippen LogP contribution in [-0.4, -0.2) is 45.8 Å². The van der Waals surface area contributed by atoms with Gasteiger partial charge in [0.25, 0.3) is 0 Å². The number of aliphatic hydroxyl groups excluding tert-OH is 3. The van der Waals surface area contributed by atoms with Crippen LogP contribution in [0.1, 0.15) is 0 Å². The number of alkyl halides is 1. The summed E-state index contributed by atoms with van der Waals surface area (Å²) < 4.78 is 4.68. The highest BCUT2D eigenvalue weighted by Crippen LogP contribution is 2.17. The van der Waals surface area contributed by atoms with Gasteiger partial charge in [0.2, 0.25) is 0 Å². The lowest BCUT2D eigenvalue weighted by atomic mass is 10.1. The van der Waals surface area contributed by atoms with Gasteiger partial charge < -0.3 is 20.1 Å². The Bertz CT molecular complexity index is 106. The van der Waals surface area contributed by atoms with E-state index in [9.17, 15) is 0 Å². The van der Waals surface area contributed by atoms with Gasteiger partial charge in [0.15, 0.2) is 5.56 Å². The van der Waals surface area contributed by atoms with Crippen molar-refractivity contribution in [1.29, 1.82) is 0 Å². The fourth-order valence-corrected chi connectivity index (χ4v) is 0.992. The van der Waals surface area contributed by atoms with Crippen LogP contribution in [-0.2, 0) is 4.74 Å². The summed E-state index contributed by atoms with van der Waals surface area (Å²) in [5.41, 5.74) is -0.918. The molecule has 0 aromatic rings. The van der Waals surface area contributed by atoms with E-state index in [4.69, 9.17) is 26.9 Å². The van der Waals surface area contributed by atoms with Gasteiger partial charge in [-0.05, 0) is 0 Å². The standard InChI is InChI=1S/C5H9ClO4/c6-5-4(9)3(8)2(7)1-10-5/h2-5,7-9H,1H2/t2-,3+,4-,5?/m1/s1. The zero-order valence-corrected chi connectivity index (χ0v) is 5.90. The highest BCUT2D eigenvalue weighted by atomic mass is 35.5. The quantitative estimate of drug-likeness (QED) is 0.392. The van der Waals surface area contributed by atoms with Gasteiger partial charge in [0.1, 0.15) is 18.3 Å². The van der Waals surface area contributed by atoms with E-state index in [1.54, 1.807) is 0 Å². The largest absolute Gasteiger partial charge is 0.388 e. The molecule has 10 heavy (non-hydrogen) atoms. The van der Waals surface area contributed by atoms with Crippen LogP contribution >= 0.6 is 11.6 Å². The van der Waals surface area contributed by atoms with E-state index in [1.807, 2.05) is 0 Å². The van der Waals surface area contributed by atoms with Crippen molar-refractivity contribution in [1.82, 2.24) is 0 Å². The van der Waals surface area contributed by atoms with E-state index in [0.717, 1.165) is 0 Å². The molecule has 1 rings (SSSR count). The second kappa shape index (κ2) is 3.02. The van der Waals surface area contributed by atoms with Crippen molar-refractivity contribution < 1.29 is 20.1 Å². The molecular weight excluding hydrogens is 160 g/mol. The molecule has 1 heterocycles. The van der Waals surface area contributed by atoms with E-state index >= 15 is 0 Å². The fraction of sp³-hybridized carbons (Fsp3) is 1.00. The number of aliphatic hydroxyl groups is 3. The lowest BCUT2D eigenvalue weighted by Crippen LogP contribution is -2.50. The topological polar surface area (TPSA) is 69.9 Å². The molecule has 0 amide bonds. The number of halogens is 1. The van der Waals surface area contributed by atoms with Crippen molar-refractivity contribution in [2.24, 2.45) is 0 Å². The highest BCUT2D eigenvalue weighted by molar-refractivity contribution is 6.20. The minimum absolute atomic E-state index is 0.0353. The fourth-order valence-electron chi connectivity index (χ4n) is 0.770. The summed E-state index contributed by atoms with van der Waals surface area (Å²) in [5, 5.41) is 26.8. The van der Waals surface area contributed by atoms with Crippen LogP contribution in [0.3, 0.4) is 0 Å². The molecule has 0 aliphatic carbocycles. The van der Waals surface area contributed by atoms with Gasteiger partial charge in [-0.2, -0.15) is 0 Å². The van der Waals surface area contributed by atoms with Crippen molar-refractivity contribution in [3.63, 3.8) is 0 Å². The third-order valence-electron chi connectivity index (χ3n) is 1.44. The zero-order valence-electron chi connectivity index (χ0n) is 5.14. The summed E-state index contributed by atoms with van der Waals surface area (Å²) in [5.74, 6) is 0. The van der Waals surface area contributed by atoms with Gasteiger partial charge >= 0.3 is 0 Å². The number of hydrogen-bond acceptors (Lipinski definition) is 4. The van der Waals surface area contributed by atoms with E-state index in [1.165, 1.54) is 0 Å². The Hall–Kier alpha value is 0.130. The van der Waals surface area contributed by atoms with Gasteiger partial charge in [0, 0.05) is 0 Å². The summed E-state index contributed by atoms with van der Waals surface area (Å²) >= 11 is 5.38. The summed E-state index contributed by atoms with van der Waals surface area (Å²) in [6.45, 7) is -0.0353.